The van der Waals surface area contributed by atoms with Crippen LogP contribution in [0.1, 0.15) is 5.56 Å². The molecule has 0 unspecified atom stereocenters. The van der Waals surface area contributed by atoms with Gasteiger partial charge in [-0.05, 0) is 36.1 Å². The molecule has 3 heterocycles. The van der Waals surface area contributed by atoms with Crippen LogP contribution in [0.2, 0.25) is 0 Å². The van der Waals surface area contributed by atoms with Crippen molar-refractivity contribution in [2.45, 2.75) is 6.92 Å². The van der Waals surface area contributed by atoms with Gasteiger partial charge in [-0.3, -0.25) is 9.98 Å². The number of fused-ring (bicyclic) bond motifs is 4. The van der Waals surface area contributed by atoms with Crippen LogP contribution in [0.4, 0.5) is 4.39 Å². The van der Waals surface area contributed by atoms with Crippen molar-refractivity contribution in [2.75, 3.05) is 19.7 Å². The molecule has 0 aliphatic carbocycles. The zero-order valence-corrected chi connectivity index (χ0v) is 15.2. The van der Waals surface area contributed by atoms with Gasteiger partial charge in [0.05, 0.1) is 17.6 Å². The molecule has 0 amide bonds. The molecule has 0 atom stereocenters. The first-order valence-electron chi connectivity index (χ1n) is 8.98. The fourth-order valence-electron chi connectivity index (χ4n) is 4.01. The summed E-state index contributed by atoms with van der Waals surface area (Å²) in [7, 11) is 1.97. The SMILES string of the molecule is Cc1c2ccncc2cc2c3cc(OCC4=NCCN4)c(F)cc3n(C)c12. The molecule has 27 heavy (non-hydrogen) atoms. The molecule has 0 fully saturated rings. The van der Waals surface area contributed by atoms with E-state index in [4.69, 9.17) is 4.74 Å². The van der Waals surface area contributed by atoms with Gasteiger partial charge < -0.3 is 14.6 Å². The van der Waals surface area contributed by atoms with E-state index in [-0.39, 0.29) is 18.2 Å². The van der Waals surface area contributed by atoms with Crippen LogP contribution in [-0.4, -0.2) is 35.1 Å². The number of hydrogen-bond donors (Lipinski definition) is 1. The van der Waals surface area contributed by atoms with Crippen molar-refractivity contribution >= 4 is 38.4 Å². The Morgan fingerprint density at radius 2 is 2.11 bits per heavy atom. The summed E-state index contributed by atoms with van der Waals surface area (Å²) in [6, 6.07) is 7.49. The number of aryl methyl sites for hydroxylation is 2. The molecule has 1 aliphatic rings. The summed E-state index contributed by atoms with van der Waals surface area (Å²) in [4.78, 5) is 8.53. The highest BCUT2D eigenvalue weighted by Gasteiger charge is 2.17. The number of hydrogen-bond acceptors (Lipinski definition) is 4. The molecule has 0 radical (unpaired) electrons. The number of nitrogens with zero attached hydrogens (tertiary/aromatic N) is 3. The summed E-state index contributed by atoms with van der Waals surface area (Å²) in [6.07, 6.45) is 3.67. The second-order valence-corrected chi connectivity index (χ2v) is 6.90. The number of aliphatic imine (C=N–C) groups is 1. The van der Waals surface area contributed by atoms with Crippen LogP contribution < -0.4 is 10.1 Å². The molecule has 0 saturated heterocycles. The van der Waals surface area contributed by atoms with E-state index in [2.05, 4.69) is 32.9 Å². The summed E-state index contributed by atoms with van der Waals surface area (Å²) in [5, 5.41) is 7.42. The summed E-state index contributed by atoms with van der Waals surface area (Å²) in [6.45, 7) is 3.90. The topological polar surface area (TPSA) is 51.4 Å². The largest absolute Gasteiger partial charge is 0.483 e. The van der Waals surface area contributed by atoms with Crippen molar-refractivity contribution in [1.82, 2.24) is 14.9 Å². The van der Waals surface area contributed by atoms with Crippen molar-refractivity contribution in [3.8, 4) is 5.75 Å². The minimum Gasteiger partial charge on any atom is -0.483 e. The summed E-state index contributed by atoms with van der Waals surface area (Å²) in [5.41, 5.74) is 3.11. The van der Waals surface area contributed by atoms with Crippen molar-refractivity contribution < 1.29 is 9.13 Å². The van der Waals surface area contributed by atoms with Crippen LogP contribution >= 0.6 is 0 Å². The molecule has 1 aliphatic heterocycles. The van der Waals surface area contributed by atoms with E-state index in [1.54, 1.807) is 18.3 Å². The standard InChI is InChI=1S/C21H19FN4O/c1-12-14-3-4-23-10-13(14)7-16-15-8-19(27-11-20-24-5-6-25-20)17(22)9-18(15)26(2)21(12)16/h3-4,7-10H,5-6,11H2,1-2H3,(H,24,25). The third kappa shape index (κ3) is 2.44. The Kier molecular flexibility index (Phi) is 3.53. The lowest BCUT2D eigenvalue weighted by atomic mass is 10.0. The molecule has 0 bridgehead atoms. The number of rotatable bonds is 3. The van der Waals surface area contributed by atoms with Crippen molar-refractivity contribution in [3.05, 3.63) is 48.0 Å². The van der Waals surface area contributed by atoms with Crippen LogP contribution in [0.5, 0.6) is 5.75 Å². The zero-order valence-electron chi connectivity index (χ0n) is 15.2. The first-order valence-corrected chi connectivity index (χ1v) is 8.98. The second-order valence-electron chi connectivity index (χ2n) is 6.90. The fraction of sp³-hybridized carbons (Fsp3) is 0.238. The monoisotopic (exact) mass is 362 g/mol. The number of halogens is 1. The van der Waals surface area contributed by atoms with E-state index < -0.39 is 0 Å². The number of nitrogens with one attached hydrogen (secondary N) is 1. The third-order valence-corrected chi connectivity index (χ3v) is 5.31. The Morgan fingerprint density at radius 1 is 1.22 bits per heavy atom. The maximum atomic E-state index is 14.7. The smallest absolute Gasteiger partial charge is 0.167 e. The Balaban J connectivity index is 1.72. The molecule has 6 heteroatoms. The highest BCUT2D eigenvalue weighted by molar-refractivity contribution is 6.14. The highest BCUT2D eigenvalue weighted by atomic mass is 19.1. The first-order chi connectivity index (χ1) is 13.1. The summed E-state index contributed by atoms with van der Waals surface area (Å²) in [5.74, 6) is 0.645. The van der Waals surface area contributed by atoms with Gasteiger partial charge in [-0.25, -0.2) is 4.39 Å². The molecule has 0 spiro atoms. The van der Waals surface area contributed by atoms with Crippen LogP contribution in [0.15, 0.2) is 41.7 Å². The fourth-order valence-corrected chi connectivity index (χ4v) is 4.01. The average Bonchev–Trinajstić information content (AvgIpc) is 3.28. The minimum atomic E-state index is -0.365. The number of pyridine rings is 1. The highest BCUT2D eigenvalue weighted by Crippen LogP contribution is 2.37. The van der Waals surface area contributed by atoms with Gasteiger partial charge in [0, 0.05) is 48.2 Å². The van der Waals surface area contributed by atoms with Gasteiger partial charge in [0.15, 0.2) is 11.6 Å². The van der Waals surface area contributed by atoms with Crippen molar-refractivity contribution in [2.24, 2.45) is 12.0 Å². The molecular weight excluding hydrogens is 343 g/mol. The lowest BCUT2D eigenvalue weighted by Crippen LogP contribution is -2.25. The van der Waals surface area contributed by atoms with Crippen LogP contribution in [0, 0.1) is 12.7 Å². The summed E-state index contributed by atoms with van der Waals surface area (Å²) >= 11 is 0. The molecule has 5 nitrogen and oxygen atoms in total. The van der Waals surface area contributed by atoms with Crippen LogP contribution in [0.25, 0.3) is 32.6 Å². The molecule has 0 saturated carbocycles. The van der Waals surface area contributed by atoms with E-state index in [1.807, 2.05) is 19.3 Å². The van der Waals surface area contributed by atoms with E-state index in [1.165, 1.54) is 0 Å². The zero-order chi connectivity index (χ0) is 18.5. The lowest BCUT2D eigenvalue weighted by molar-refractivity contribution is 0.352. The van der Waals surface area contributed by atoms with Gasteiger partial charge in [0.1, 0.15) is 12.4 Å². The predicted molar refractivity (Wildman–Crippen MR) is 106 cm³/mol. The Labute approximate surface area is 155 Å². The quantitative estimate of drug-likeness (QED) is 0.604. The number of aromatic nitrogens is 2. The van der Waals surface area contributed by atoms with E-state index in [0.717, 1.165) is 57.1 Å². The first kappa shape index (κ1) is 16.1. The maximum Gasteiger partial charge on any atom is 0.167 e. The van der Waals surface area contributed by atoms with Crippen LogP contribution in [-0.2, 0) is 7.05 Å². The molecule has 5 rings (SSSR count). The Morgan fingerprint density at radius 3 is 2.93 bits per heavy atom. The average molecular weight is 362 g/mol. The van der Waals surface area contributed by atoms with Gasteiger partial charge in [-0.15, -0.1) is 0 Å². The Bertz CT molecular complexity index is 1240. The second kappa shape index (κ2) is 5.94. The number of benzene rings is 2. The molecule has 1 N–H and O–H groups in total. The summed E-state index contributed by atoms with van der Waals surface area (Å²) < 4.78 is 22.4. The van der Waals surface area contributed by atoms with Gasteiger partial charge in [0.25, 0.3) is 0 Å². The minimum absolute atomic E-state index is 0.246. The molecule has 2 aromatic heterocycles. The number of amidine groups is 1. The molecule has 4 aromatic rings. The third-order valence-electron chi connectivity index (χ3n) is 5.31. The van der Waals surface area contributed by atoms with Crippen LogP contribution in [0.3, 0.4) is 0 Å². The lowest BCUT2D eigenvalue weighted by Gasteiger charge is -2.08. The predicted octanol–water partition coefficient (Wildman–Crippen LogP) is 3.71. The maximum absolute atomic E-state index is 14.7. The normalized spacial score (nSPS) is 14.1. The molecule has 2 aromatic carbocycles. The van der Waals surface area contributed by atoms with Gasteiger partial charge >= 0.3 is 0 Å². The van der Waals surface area contributed by atoms with Crippen molar-refractivity contribution in [3.63, 3.8) is 0 Å². The van der Waals surface area contributed by atoms with Gasteiger partial charge in [0.2, 0.25) is 0 Å². The van der Waals surface area contributed by atoms with Crippen molar-refractivity contribution in [1.29, 1.82) is 0 Å². The van der Waals surface area contributed by atoms with E-state index in [0.29, 0.717) is 0 Å². The van der Waals surface area contributed by atoms with E-state index in [9.17, 15) is 4.39 Å². The molecule has 136 valence electrons. The Hall–Kier alpha value is -3.15. The van der Waals surface area contributed by atoms with Gasteiger partial charge in [-0.1, -0.05) is 0 Å². The molecular formula is C21H19FN4O. The number of ether oxygens (including phenoxy) is 1. The van der Waals surface area contributed by atoms with Gasteiger partial charge in [-0.2, -0.15) is 0 Å². The van der Waals surface area contributed by atoms with E-state index >= 15 is 0 Å².